The van der Waals surface area contributed by atoms with Crippen molar-refractivity contribution in [3.63, 3.8) is 0 Å². The number of pyridine rings is 1. The molecule has 2 rings (SSSR count). The summed E-state index contributed by atoms with van der Waals surface area (Å²) in [6.07, 6.45) is 4.28. The maximum atomic E-state index is 5.70. The van der Waals surface area contributed by atoms with Gasteiger partial charge in [0.15, 0.2) is 5.96 Å². The van der Waals surface area contributed by atoms with Gasteiger partial charge in [-0.2, -0.15) is 0 Å². The molecule has 0 amide bonds. The van der Waals surface area contributed by atoms with Crippen molar-refractivity contribution >= 4 is 5.96 Å². The van der Waals surface area contributed by atoms with Crippen molar-refractivity contribution in [2.24, 2.45) is 4.99 Å². The minimum atomic E-state index is 0.392. The van der Waals surface area contributed by atoms with Crippen LogP contribution in [0.3, 0.4) is 0 Å². The number of hydrogen-bond acceptors (Lipinski definition) is 4. The van der Waals surface area contributed by atoms with E-state index in [2.05, 4.69) is 27.1 Å². The van der Waals surface area contributed by atoms with Gasteiger partial charge in [0.25, 0.3) is 0 Å². The first kappa shape index (κ1) is 17.5. The zero-order valence-corrected chi connectivity index (χ0v) is 14.4. The predicted molar refractivity (Wildman–Crippen MR) is 91.8 cm³/mol. The van der Waals surface area contributed by atoms with Gasteiger partial charge in [-0.1, -0.05) is 0 Å². The Kier molecular flexibility index (Phi) is 7.13. The first-order chi connectivity index (χ1) is 11.3. The molecule has 0 radical (unpaired) electrons. The van der Waals surface area contributed by atoms with Crippen LogP contribution >= 0.6 is 0 Å². The summed E-state index contributed by atoms with van der Waals surface area (Å²) in [6, 6.07) is 3.95. The maximum Gasteiger partial charge on any atom is 0.213 e. The molecule has 6 heteroatoms. The van der Waals surface area contributed by atoms with Gasteiger partial charge in [0.2, 0.25) is 5.88 Å². The van der Waals surface area contributed by atoms with Gasteiger partial charge in [-0.25, -0.2) is 4.98 Å². The molecule has 0 aliphatic carbocycles. The molecule has 0 unspecified atom stereocenters. The van der Waals surface area contributed by atoms with Crippen LogP contribution < -0.4 is 10.1 Å². The minimum Gasteiger partial charge on any atom is -0.478 e. The van der Waals surface area contributed by atoms with Gasteiger partial charge < -0.3 is 19.7 Å². The topological polar surface area (TPSA) is 59.0 Å². The Balaban J connectivity index is 1.85. The second kappa shape index (κ2) is 9.35. The van der Waals surface area contributed by atoms with E-state index in [4.69, 9.17) is 9.47 Å². The molecule has 1 N–H and O–H groups in total. The summed E-state index contributed by atoms with van der Waals surface area (Å²) in [5, 5.41) is 3.42. The summed E-state index contributed by atoms with van der Waals surface area (Å²) in [5.41, 5.74) is 1.13. The summed E-state index contributed by atoms with van der Waals surface area (Å²) in [7, 11) is 1.83. The smallest absolute Gasteiger partial charge is 0.213 e. The highest BCUT2D eigenvalue weighted by Crippen LogP contribution is 2.14. The molecular weight excluding hydrogens is 292 g/mol. The summed E-state index contributed by atoms with van der Waals surface area (Å²) < 4.78 is 11.1. The molecule has 0 saturated carbocycles. The standard InChI is InChI=1S/C17H28N4O2/c1-4-22-15-7-10-21(11-8-15)17(18-3)20-13-14-6-9-19-16(12-14)23-5-2/h6,9,12,15H,4-5,7-8,10-11,13H2,1-3H3,(H,18,20). The predicted octanol–water partition coefficient (Wildman–Crippen LogP) is 2.06. The van der Waals surface area contributed by atoms with Gasteiger partial charge in [-0.3, -0.25) is 4.99 Å². The van der Waals surface area contributed by atoms with E-state index in [1.807, 2.05) is 26.1 Å². The Labute approximate surface area is 138 Å². The van der Waals surface area contributed by atoms with Crippen LogP contribution in [0.25, 0.3) is 0 Å². The van der Waals surface area contributed by atoms with E-state index in [0.29, 0.717) is 25.1 Å². The summed E-state index contributed by atoms with van der Waals surface area (Å²) in [6.45, 7) is 8.09. The van der Waals surface area contributed by atoms with Crippen molar-refractivity contribution in [2.45, 2.75) is 39.3 Å². The Morgan fingerprint density at radius 2 is 2.13 bits per heavy atom. The van der Waals surface area contributed by atoms with E-state index in [1.54, 1.807) is 6.20 Å². The van der Waals surface area contributed by atoms with Crippen molar-refractivity contribution in [1.82, 2.24) is 15.2 Å². The van der Waals surface area contributed by atoms with Gasteiger partial charge in [-0.15, -0.1) is 0 Å². The van der Waals surface area contributed by atoms with E-state index >= 15 is 0 Å². The number of rotatable bonds is 6. The molecular formula is C17H28N4O2. The molecule has 1 fully saturated rings. The van der Waals surface area contributed by atoms with Crippen LogP contribution in [0.1, 0.15) is 32.3 Å². The van der Waals surface area contributed by atoms with Crippen molar-refractivity contribution in [2.75, 3.05) is 33.4 Å². The second-order valence-corrected chi connectivity index (χ2v) is 5.48. The van der Waals surface area contributed by atoms with Gasteiger partial charge in [0, 0.05) is 45.6 Å². The number of nitrogens with zero attached hydrogens (tertiary/aromatic N) is 3. The molecule has 23 heavy (non-hydrogen) atoms. The Morgan fingerprint density at radius 1 is 1.35 bits per heavy atom. The minimum absolute atomic E-state index is 0.392. The normalized spacial score (nSPS) is 16.5. The van der Waals surface area contributed by atoms with Crippen LogP contribution in [-0.4, -0.2) is 55.3 Å². The fraction of sp³-hybridized carbons (Fsp3) is 0.647. The lowest BCUT2D eigenvalue weighted by molar-refractivity contribution is 0.0263. The first-order valence-corrected chi connectivity index (χ1v) is 8.41. The zero-order valence-electron chi connectivity index (χ0n) is 14.4. The summed E-state index contributed by atoms with van der Waals surface area (Å²) >= 11 is 0. The quantitative estimate of drug-likeness (QED) is 0.642. The average Bonchev–Trinajstić information content (AvgIpc) is 2.58. The number of ether oxygens (including phenoxy) is 2. The number of aromatic nitrogens is 1. The van der Waals surface area contributed by atoms with Crippen LogP contribution in [0.5, 0.6) is 5.88 Å². The Morgan fingerprint density at radius 3 is 2.78 bits per heavy atom. The van der Waals surface area contributed by atoms with Crippen molar-refractivity contribution in [3.8, 4) is 5.88 Å². The van der Waals surface area contributed by atoms with Gasteiger partial charge in [0.1, 0.15) is 0 Å². The monoisotopic (exact) mass is 320 g/mol. The molecule has 1 aliphatic rings. The van der Waals surface area contributed by atoms with E-state index < -0.39 is 0 Å². The molecule has 1 aromatic rings. The third-order valence-electron chi connectivity index (χ3n) is 3.90. The molecule has 0 aromatic carbocycles. The molecule has 0 spiro atoms. The lowest BCUT2D eigenvalue weighted by Gasteiger charge is -2.34. The van der Waals surface area contributed by atoms with Crippen molar-refractivity contribution in [1.29, 1.82) is 0 Å². The molecule has 6 nitrogen and oxygen atoms in total. The lowest BCUT2D eigenvalue weighted by atomic mass is 10.1. The Hall–Kier alpha value is -1.82. The second-order valence-electron chi connectivity index (χ2n) is 5.48. The molecule has 128 valence electrons. The highest BCUT2D eigenvalue weighted by Gasteiger charge is 2.21. The van der Waals surface area contributed by atoms with Crippen LogP contribution in [0.4, 0.5) is 0 Å². The maximum absolute atomic E-state index is 5.70. The fourth-order valence-electron chi connectivity index (χ4n) is 2.77. The van der Waals surface area contributed by atoms with Gasteiger partial charge >= 0.3 is 0 Å². The summed E-state index contributed by atoms with van der Waals surface area (Å²) in [4.78, 5) is 10.9. The molecule has 0 atom stereocenters. The molecule has 2 heterocycles. The SMILES string of the molecule is CCOc1cc(CNC(=NC)N2CCC(OCC)CC2)ccn1. The van der Waals surface area contributed by atoms with Gasteiger partial charge in [-0.05, 0) is 38.3 Å². The van der Waals surface area contributed by atoms with Crippen molar-refractivity contribution in [3.05, 3.63) is 23.9 Å². The first-order valence-electron chi connectivity index (χ1n) is 8.41. The highest BCUT2D eigenvalue weighted by molar-refractivity contribution is 5.79. The molecule has 1 aliphatic heterocycles. The molecule has 1 aromatic heterocycles. The highest BCUT2D eigenvalue weighted by atomic mass is 16.5. The number of aliphatic imine (C=N–C) groups is 1. The number of nitrogens with one attached hydrogen (secondary N) is 1. The molecule has 0 bridgehead atoms. The largest absolute Gasteiger partial charge is 0.478 e. The van der Waals surface area contributed by atoms with Crippen molar-refractivity contribution < 1.29 is 9.47 Å². The van der Waals surface area contributed by atoms with E-state index in [-0.39, 0.29) is 0 Å². The van der Waals surface area contributed by atoms with Crippen LogP contribution in [0.2, 0.25) is 0 Å². The van der Waals surface area contributed by atoms with E-state index in [0.717, 1.165) is 44.1 Å². The Bertz CT molecular complexity index is 499. The van der Waals surface area contributed by atoms with Gasteiger partial charge in [0.05, 0.1) is 12.7 Å². The van der Waals surface area contributed by atoms with E-state index in [1.165, 1.54) is 0 Å². The third-order valence-corrected chi connectivity index (χ3v) is 3.90. The fourth-order valence-corrected chi connectivity index (χ4v) is 2.77. The van der Waals surface area contributed by atoms with Crippen LogP contribution in [-0.2, 0) is 11.3 Å². The zero-order chi connectivity index (χ0) is 16.5. The lowest BCUT2D eigenvalue weighted by Crippen LogP contribution is -2.46. The molecule has 1 saturated heterocycles. The number of guanidine groups is 1. The number of hydrogen-bond donors (Lipinski definition) is 1. The van der Waals surface area contributed by atoms with Crippen LogP contribution in [0, 0.1) is 0 Å². The summed E-state index contributed by atoms with van der Waals surface area (Å²) in [5.74, 6) is 1.61. The van der Waals surface area contributed by atoms with E-state index in [9.17, 15) is 0 Å². The number of piperidine rings is 1. The number of likely N-dealkylation sites (tertiary alicyclic amines) is 1. The van der Waals surface area contributed by atoms with Crippen LogP contribution in [0.15, 0.2) is 23.3 Å². The third kappa shape index (κ3) is 5.39. The average molecular weight is 320 g/mol.